The highest BCUT2D eigenvalue weighted by Crippen LogP contribution is 2.32. The molecule has 1 aliphatic carbocycles. The van der Waals surface area contributed by atoms with Gasteiger partial charge < -0.3 is 10.1 Å². The maximum atomic E-state index is 5.55. The molecule has 0 aromatic heterocycles. The quantitative estimate of drug-likeness (QED) is 0.706. The Bertz CT molecular complexity index is 196. The molecule has 1 aliphatic heterocycles. The molecule has 1 saturated heterocycles. The van der Waals surface area contributed by atoms with Crippen LogP contribution in [0.2, 0.25) is 0 Å². The summed E-state index contributed by atoms with van der Waals surface area (Å²) in [6.45, 7) is 6.64. The highest BCUT2D eigenvalue weighted by molar-refractivity contribution is 8.00. The molecule has 2 aliphatic rings. The predicted molar refractivity (Wildman–Crippen MR) is 66.5 cm³/mol. The maximum Gasteiger partial charge on any atom is 0.0666 e. The summed E-state index contributed by atoms with van der Waals surface area (Å²) in [6, 6.07) is 0.739. The summed E-state index contributed by atoms with van der Waals surface area (Å²) >= 11 is 2.08. The van der Waals surface area contributed by atoms with Crippen LogP contribution >= 0.6 is 11.8 Å². The largest absolute Gasteiger partial charge is 0.377 e. The number of hydrogen-bond acceptors (Lipinski definition) is 3. The third-order valence-electron chi connectivity index (χ3n) is 3.54. The first-order valence-electron chi connectivity index (χ1n) is 6.24. The Balaban J connectivity index is 1.50. The second kappa shape index (κ2) is 5.55. The van der Waals surface area contributed by atoms with Gasteiger partial charge in [0.25, 0.3) is 0 Å². The maximum absolute atomic E-state index is 5.55. The lowest BCUT2D eigenvalue weighted by atomic mass is 10.2. The van der Waals surface area contributed by atoms with E-state index in [1.807, 2.05) is 0 Å². The van der Waals surface area contributed by atoms with Crippen molar-refractivity contribution in [2.75, 3.05) is 18.9 Å². The summed E-state index contributed by atoms with van der Waals surface area (Å²) in [6.07, 6.45) is 4.59. The SMILES string of the molecule is CC(NCCSC1CCOC1C)C1CC1. The molecular formula is C12H23NOS. The van der Waals surface area contributed by atoms with Gasteiger partial charge in [0.05, 0.1) is 6.10 Å². The minimum atomic E-state index is 0.468. The summed E-state index contributed by atoms with van der Waals surface area (Å²) < 4.78 is 5.55. The number of nitrogens with one attached hydrogen (secondary N) is 1. The van der Waals surface area contributed by atoms with Crippen LogP contribution in [0, 0.1) is 5.92 Å². The van der Waals surface area contributed by atoms with E-state index in [4.69, 9.17) is 4.74 Å². The van der Waals surface area contributed by atoms with Gasteiger partial charge in [-0.3, -0.25) is 0 Å². The molecule has 3 unspecified atom stereocenters. The number of hydrogen-bond donors (Lipinski definition) is 1. The third kappa shape index (κ3) is 3.65. The lowest BCUT2D eigenvalue weighted by Crippen LogP contribution is -2.30. The van der Waals surface area contributed by atoms with Crippen LogP contribution in [0.5, 0.6) is 0 Å². The lowest BCUT2D eigenvalue weighted by Gasteiger charge is -2.15. The Morgan fingerprint density at radius 2 is 2.20 bits per heavy atom. The normalized spacial score (nSPS) is 33.2. The van der Waals surface area contributed by atoms with Crippen molar-refractivity contribution in [1.82, 2.24) is 5.32 Å². The van der Waals surface area contributed by atoms with E-state index < -0.39 is 0 Å². The zero-order valence-corrected chi connectivity index (χ0v) is 10.7. The molecule has 0 aromatic rings. The van der Waals surface area contributed by atoms with Crippen molar-refractivity contribution < 1.29 is 4.74 Å². The fourth-order valence-electron chi connectivity index (χ4n) is 2.19. The summed E-state index contributed by atoms with van der Waals surface area (Å²) in [5.74, 6) is 2.21. The highest BCUT2D eigenvalue weighted by atomic mass is 32.2. The van der Waals surface area contributed by atoms with Gasteiger partial charge >= 0.3 is 0 Å². The monoisotopic (exact) mass is 229 g/mol. The topological polar surface area (TPSA) is 21.3 Å². The second-order valence-corrected chi connectivity index (χ2v) is 6.20. The van der Waals surface area contributed by atoms with Crippen molar-refractivity contribution in [3.63, 3.8) is 0 Å². The molecule has 3 heteroatoms. The number of ether oxygens (including phenoxy) is 1. The number of rotatable bonds is 6. The molecule has 1 N–H and O–H groups in total. The molecule has 0 bridgehead atoms. The zero-order chi connectivity index (χ0) is 10.7. The first-order chi connectivity index (χ1) is 7.27. The van der Waals surface area contributed by atoms with Crippen molar-refractivity contribution >= 4 is 11.8 Å². The molecule has 2 nitrogen and oxygen atoms in total. The van der Waals surface area contributed by atoms with Gasteiger partial charge in [0, 0.05) is 30.2 Å². The zero-order valence-electron chi connectivity index (χ0n) is 9.87. The fourth-order valence-corrected chi connectivity index (χ4v) is 3.34. The van der Waals surface area contributed by atoms with Gasteiger partial charge in [-0.1, -0.05) is 0 Å². The summed E-state index contributed by atoms with van der Waals surface area (Å²) in [5, 5.41) is 4.36. The van der Waals surface area contributed by atoms with Crippen molar-refractivity contribution in [3.8, 4) is 0 Å². The fraction of sp³-hybridized carbons (Fsp3) is 1.00. The van der Waals surface area contributed by atoms with Crippen molar-refractivity contribution in [2.24, 2.45) is 5.92 Å². The Labute approximate surface area is 97.5 Å². The van der Waals surface area contributed by atoms with Crippen molar-refractivity contribution in [3.05, 3.63) is 0 Å². The van der Waals surface area contributed by atoms with Crippen molar-refractivity contribution in [2.45, 2.75) is 50.5 Å². The van der Waals surface area contributed by atoms with Crippen LogP contribution in [0.3, 0.4) is 0 Å². The second-order valence-electron chi connectivity index (χ2n) is 4.85. The average Bonchev–Trinajstić information content (AvgIpc) is 2.99. The molecule has 3 atom stereocenters. The molecule has 1 saturated carbocycles. The first kappa shape index (κ1) is 11.7. The molecular weight excluding hydrogens is 206 g/mol. The van der Waals surface area contributed by atoms with Crippen LogP contribution in [0.4, 0.5) is 0 Å². The van der Waals surface area contributed by atoms with Crippen LogP contribution in [-0.4, -0.2) is 36.3 Å². The molecule has 15 heavy (non-hydrogen) atoms. The molecule has 0 radical (unpaired) electrons. The molecule has 0 amide bonds. The van der Waals surface area contributed by atoms with E-state index in [0.717, 1.165) is 30.4 Å². The van der Waals surface area contributed by atoms with E-state index in [0.29, 0.717) is 6.10 Å². The van der Waals surface area contributed by atoms with Crippen LogP contribution in [0.1, 0.15) is 33.1 Å². The van der Waals surface area contributed by atoms with E-state index in [2.05, 4.69) is 30.9 Å². The highest BCUT2D eigenvalue weighted by Gasteiger charge is 2.27. The van der Waals surface area contributed by atoms with Crippen molar-refractivity contribution in [1.29, 1.82) is 0 Å². The Hall–Kier alpha value is 0.270. The first-order valence-corrected chi connectivity index (χ1v) is 7.29. The van der Waals surface area contributed by atoms with Crippen LogP contribution < -0.4 is 5.32 Å². The van der Waals surface area contributed by atoms with Crippen LogP contribution in [0.25, 0.3) is 0 Å². The van der Waals surface area contributed by atoms with E-state index in [1.54, 1.807) is 0 Å². The summed E-state index contributed by atoms with van der Waals surface area (Å²) in [4.78, 5) is 0. The van der Waals surface area contributed by atoms with Gasteiger partial charge in [0.1, 0.15) is 0 Å². The molecule has 88 valence electrons. The van der Waals surface area contributed by atoms with Gasteiger partial charge in [-0.2, -0.15) is 11.8 Å². The Kier molecular flexibility index (Phi) is 4.35. The lowest BCUT2D eigenvalue weighted by molar-refractivity contribution is 0.127. The van der Waals surface area contributed by atoms with E-state index in [9.17, 15) is 0 Å². The average molecular weight is 229 g/mol. The van der Waals surface area contributed by atoms with Gasteiger partial charge in [0.2, 0.25) is 0 Å². The van der Waals surface area contributed by atoms with Gasteiger partial charge in [-0.15, -0.1) is 0 Å². The summed E-state index contributed by atoms with van der Waals surface area (Å²) in [7, 11) is 0. The van der Waals surface area contributed by atoms with E-state index in [-0.39, 0.29) is 0 Å². The minimum Gasteiger partial charge on any atom is -0.377 e. The molecule has 1 heterocycles. The van der Waals surface area contributed by atoms with Crippen LogP contribution in [-0.2, 0) is 4.74 Å². The predicted octanol–water partition coefficient (Wildman–Crippen LogP) is 2.29. The van der Waals surface area contributed by atoms with E-state index in [1.165, 1.54) is 25.0 Å². The van der Waals surface area contributed by atoms with Crippen LogP contribution in [0.15, 0.2) is 0 Å². The van der Waals surface area contributed by atoms with Gasteiger partial charge in [0.15, 0.2) is 0 Å². The van der Waals surface area contributed by atoms with Gasteiger partial charge in [-0.25, -0.2) is 0 Å². The Morgan fingerprint density at radius 3 is 2.80 bits per heavy atom. The smallest absolute Gasteiger partial charge is 0.0666 e. The Morgan fingerprint density at radius 1 is 1.40 bits per heavy atom. The minimum absolute atomic E-state index is 0.468. The third-order valence-corrected chi connectivity index (χ3v) is 5.02. The standard InChI is InChI=1S/C12H23NOS/c1-9(11-3-4-11)13-6-8-15-12-5-7-14-10(12)2/h9-13H,3-8H2,1-2H3. The number of thioether (sulfide) groups is 1. The summed E-state index contributed by atoms with van der Waals surface area (Å²) in [5.41, 5.74) is 0. The molecule has 2 rings (SSSR count). The molecule has 0 aromatic carbocycles. The van der Waals surface area contributed by atoms with E-state index >= 15 is 0 Å². The molecule has 2 fully saturated rings. The molecule has 0 spiro atoms. The van der Waals surface area contributed by atoms with Gasteiger partial charge in [-0.05, 0) is 39.0 Å².